The van der Waals surface area contributed by atoms with E-state index in [1.54, 1.807) is 0 Å². The van der Waals surface area contributed by atoms with Crippen molar-refractivity contribution in [3.05, 3.63) is 59.7 Å². The van der Waals surface area contributed by atoms with Gasteiger partial charge in [0, 0.05) is 19.5 Å². The first-order chi connectivity index (χ1) is 12.7. The summed E-state index contributed by atoms with van der Waals surface area (Å²) < 4.78 is 11.8. The fourth-order valence-corrected chi connectivity index (χ4v) is 3.75. The quantitative estimate of drug-likeness (QED) is 0.892. The first-order valence-electron chi connectivity index (χ1n) is 9.09. The molecular formula is C21H23NO4. The maximum atomic E-state index is 10.8. The Kier molecular flexibility index (Phi) is 4.80. The molecule has 5 heteroatoms. The monoisotopic (exact) mass is 353 g/mol. The van der Waals surface area contributed by atoms with Crippen molar-refractivity contribution in [2.75, 3.05) is 19.7 Å². The third kappa shape index (κ3) is 3.83. The van der Waals surface area contributed by atoms with E-state index >= 15 is 0 Å². The van der Waals surface area contributed by atoms with E-state index in [2.05, 4.69) is 29.2 Å². The predicted octanol–water partition coefficient (Wildman–Crippen LogP) is 3.50. The first-order valence-corrected chi connectivity index (χ1v) is 9.09. The molecule has 2 aromatic carbocycles. The van der Waals surface area contributed by atoms with E-state index in [0.717, 1.165) is 43.1 Å². The van der Waals surface area contributed by atoms with E-state index in [0.29, 0.717) is 6.61 Å². The van der Waals surface area contributed by atoms with E-state index < -0.39 is 5.97 Å². The minimum absolute atomic E-state index is 0.0920. The molecule has 2 heterocycles. The van der Waals surface area contributed by atoms with Crippen LogP contribution in [0.1, 0.15) is 30.1 Å². The van der Waals surface area contributed by atoms with Crippen LogP contribution in [0.2, 0.25) is 0 Å². The number of carbonyl (C=O) groups is 1. The van der Waals surface area contributed by atoms with Crippen molar-refractivity contribution in [3.8, 4) is 11.5 Å². The second kappa shape index (κ2) is 7.38. The molecule has 2 aliphatic rings. The van der Waals surface area contributed by atoms with Gasteiger partial charge in [-0.05, 0) is 42.1 Å². The number of likely N-dealkylation sites (tertiary alicyclic amines) is 1. The summed E-state index contributed by atoms with van der Waals surface area (Å²) in [5, 5.41) is 8.92. The fraction of sp³-hybridized carbons (Fsp3) is 0.381. The Hall–Kier alpha value is -2.53. The van der Waals surface area contributed by atoms with Gasteiger partial charge < -0.3 is 14.6 Å². The maximum absolute atomic E-state index is 10.8. The van der Waals surface area contributed by atoms with E-state index in [1.807, 2.05) is 24.3 Å². The highest BCUT2D eigenvalue weighted by Gasteiger charge is 2.25. The van der Waals surface area contributed by atoms with Crippen molar-refractivity contribution in [3.63, 3.8) is 0 Å². The van der Waals surface area contributed by atoms with Crippen LogP contribution in [0, 0.1) is 5.92 Å². The third-order valence-electron chi connectivity index (χ3n) is 5.10. The van der Waals surface area contributed by atoms with Gasteiger partial charge in [0.05, 0.1) is 0 Å². The fourth-order valence-electron chi connectivity index (χ4n) is 3.75. The highest BCUT2D eigenvalue weighted by atomic mass is 16.6. The lowest BCUT2D eigenvalue weighted by atomic mass is 10.1. The standard InChI is InChI=1S/C21H23NO4/c23-21(24)11-16-9-10-22(13-16)12-15-5-7-17(8-6-15)20-14-25-18-3-1-2-4-19(18)26-20/h1-8,16,20H,9-14H2,(H,23,24). The molecular weight excluding hydrogens is 330 g/mol. The topological polar surface area (TPSA) is 59.0 Å². The third-order valence-corrected chi connectivity index (χ3v) is 5.10. The second-order valence-electron chi connectivity index (χ2n) is 7.09. The van der Waals surface area contributed by atoms with Crippen LogP contribution >= 0.6 is 0 Å². The average molecular weight is 353 g/mol. The molecule has 136 valence electrons. The number of hydrogen-bond donors (Lipinski definition) is 1. The van der Waals surface area contributed by atoms with Crippen molar-refractivity contribution in [1.29, 1.82) is 0 Å². The number of ether oxygens (including phenoxy) is 2. The lowest BCUT2D eigenvalue weighted by Gasteiger charge is -2.27. The van der Waals surface area contributed by atoms with Crippen LogP contribution in [0.5, 0.6) is 11.5 Å². The number of carboxylic acid groups (broad SMARTS) is 1. The molecule has 2 atom stereocenters. The number of hydrogen-bond acceptors (Lipinski definition) is 4. The number of para-hydroxylation sites is 2. The number of fused-ring (bicyclic) bond motifs is 1. The molecule has 5 nitrogen and oxygen atoms in total. The molecule has 2 aliphatic heterocycles. The minimum atomic E-state index is -0.697. The molecule has 0 aliphatic carbocycles. The summed E-state index contributed by atoms with van der Waals surface area (Å²) in [6.07, 6.45) is 1.15. The molecule has 0 spiro atoms. The van der Waals surface area contributed by atoms with Gasteiger partial charge in [-0.15, -0.1) is 0 Å². The molecule has 0 saturated carbocycles. The Morgan fingerprint density at radius 1 is 1.12 bits per heavy atom. The number of benzene rings is 2. The van der Waals surface area contributed by atoms with Crippen LogP contribution in [0.15, 0.2) is 48.5 Å². The maximum Gasteiger partial charge on any atom is 0.303 e. The van der Waals surface area contributed by atoms with Gasteiger partial charge in [0.25, 0.3) is 0 Å². The number of aliphatic carboxylic acids is 1. The Morgan fingerprint density at radius 3 is 2.65 bits per heavy atom. The molecule has 4 rings (SSSR count). The average Bonchev–Trinajstić information content (AvgIpc) is 3.08. The highest BCUT2D eigenvalue weighted by Crippen LogP contribution is 2.35. The number of rotatable bonds is 5. The van der Waals surface area contributed by atoms with Gasteiger partial charge in [-0.1, -0.05) is 36.4 Å². The Balaban J connectivity index is 1.35. The molecule has 0 aromatic heterocycles. The van der Waals surface area contributed by atoms with Crippen LogP contribution in [0.25, 0.3) is 0 Å². The lowest BCUT2D eigenvalue weighted by molar-refractivity contribution is -0.138. The largest absolute Gasteiger partial charge is 0.485 e. The molecule has 2 aromatic rings. The van der Waals surface area contributed by atoms with Crippen molar-refractivity contribution in [1.82, 2.24) is 4.90 Å². The number of carboxylic acids is 1. The molecule has 1 fully saturated rings. The van der Waals surface area contributed by atoms with Crippen LogP contribution in [-0.2, 0) is 11.3 Å². The van der Waals surface area contributed by atoms with Gasteiger partial charge in [0.15, 0.2) is 17.6 Å². The van der Waals surface area contributed by atoms with E-state index in [-0.39, 0.29) is 18.4 Å². The zero-order valence-electron chi connectivity index (χ0n) is 14.6. The Labute approximate surface area is 153 Å². The zero-order chi connectivity index (χ0) is 17.9. The van der Waals surface area contributed by atoms with Crippen LogP contribution in [0.3, 0.4) is 0 Å². The Morgan fingerprint density at radius 2 is 1.88 bits per heavy atom. The first kappa shape index (κ1) is 16.9. The summed E-state index contributed by atoms with van der Waals surface area (Å²) >= 11 is 0. The molecule has 0 radical (unpaired) electrons. The molecule has 0 amide bonds. The lowest BCUT2D eigenvalue weighted by Crippen LogP contribution is -2.22. The molecule has 26 heavy (non-hydrogen) atoms. The zero-order valence-corrected chi connectivity index (χ0v) is 14.6. The number of nitrogens with zero attached hydrogens (tertiary/aromatic N) is 1. The molecule has 2 unspecified atom stereocenters. The predicted molar refractivity (Wildman–Crippen MR) is 97.4 cm³/mol. The van der Waals surface area contributed by atoms with Gasteiger partial charge >= 0.3 is 5.97 Å². The summed E-state index contributed by atoms with van der Waals surface area (Å²) in [4.78, 5) is 13.2. The Bertz CT molecular complexity index is 774. The molecule has 1 N–H and O–H groups in total. The van der Waals surface area contributed by atoms with E-state index in [4.69, 9.17) is 14.6 Å². The summed E-state index contributed by atoms with van der Waals surface area (Å²) in [5.41, 5.74) is 2.34. The van der Waals surface area contributed by atoms with Gasteiger partial charge in [0.1, 0.15) is 6.61 Å². The summed E-state index contributed by atoms with van der Waals surface area (Å²) in [6, 6.07) is 16.2. The smallest absolute Gasteiger partial charge is 0.303 e. The van der Waals surface area contributed by atoms with E-state index in [1.165, 1.54) is 5.56 Å². The van der Waals surface area contributed by atoms with Crippen molar-refractivity contribution < 1.29 is 19.4 Å². The summed E-state index contributed by atoms with van der Waals surface area (Å²) in [7, 11) is 0. The second-order valence-corrected chi connectivity index (χ2v) is 7.09. The normalized spacial score (nSPS) is 22.3. The van der Waals surface area contributed by atoms with Crippen LogP contribution in [-0.4, -0.2) is 35.7 Å². The van der Waals surface area contributed by atoms with Gasteiger partial charge in [-0.3, -0.25) is 9.69 Å². The van der Waals surface area contributed by atoms with Crippen molar-refractivity contribution >= 4 is 5.97 Å². The SMILES string of the molecule is O=C(O)CC1CCN(Cc2ccc(C3COc4ccccc4O3)cc2)C1. The summed E-state index contributed by atoms with van der Waals surface area (Å²) in [5.74, 6) is 1.16. The van der Waals surface area contributed by atoms with Crippen molar-refractivity contribution in [2.24, 2.45) is 5.92 Å². The van der Waals surface area contributed by atoms with Gasteiger partial charge in [-0.25, -0.2) is 0 Å². The van der Waals surface area contributed by atoms with Gasteiger partial charge in [-0.2, -0.15) is 0 Å². The molecule has 0 bridgehead atoms. The van der Waals surface area contributed by atoms with Gasteiger partial charge in [0.2, 0.25) is 0 Å². The molecule has 1 saturated heterocycles. The van der Waals surface area contributed by atoms with Crippen LogP contribution < -0.4 is 9.47 Å². The minimum Gasteiger partial charge on any atom is -0.485 e. The summed E-state index contributed by atoms with van der Waals surface area (Å²) in [6.45, 7) is 3.21. The van der Waals surface area contributed by atoms with E-state index in [9.17, 15) is 4.79 Å². The van der Waals surface area contributed by atoms with Crippen molar-refractivity contribution in [2.45, 2.75) is 25.5 Å². The van der Waals surface area contributed by atoms with Crippen LogP contribution in [0.4, 0.5) is 0 Å². The highest BCUT2D eigenvalue weighted by molar-refractivity contribution is 5.67.